The minimum Gasteiger partial charge on any atom is -0.436 e. The fourth-order valence-corrected chi connectivity index (χ4v) is 2.43. The second kappa shape index (κ2) is 7.42. The van der Waals surface area contributed by atoms with E-state index in [1.807, 2.05) is 0 Å². The summed E-state index contributed by atoms with van der Waals surface area (Å²) < 4.78 is 18.5. The fraction of sp³-hybridized carbons (Fsp3) is 0. The maximum Gasteiger partial charge on any atom is 0.256 e. The number of pyridine rings is 1. The van der Waals surface area contributed by atoms with Gasteiger partial charge in [0, 0.05) is 21.7 Å². The predicted molar refractivity (Wildman–Crippen MR) is 90.7 cm³/mol. The summed E-state index contributed by atoms with van der Waals surface area (Å²) in [6, 6.07) is 5.60. The third-order valence-corrected chi connectivity index (χ3v) is 3.32. The van der Waals surface area contributed by atoms with Crippen LogP contribution in [0.2, 0.25) is 10.0 Å². The van der Waals surface area contributed by atoms with Crippen LogP contribution in [-0.2, 0) is 0 Å². The Kier molecular flexibility index (Phi) is 5.06. The Morgan fingerprint density at radius 1 is 1.00 bits per heavy atom. The molecule has 0 spiro atoms. The molecule has 0 aliphatic heterocycles. The zero-order chi connectivity index (χ0) is 17.8. The molecule has 0 bridgehead atoms. The number of halogens is 3. The zero-order valence-electron chi connectivity index (χ0n) is 12.4. The van der Waals surface area contributed by atoms with E-state index < -0.39 is 11.7 Å². The summed E-state index contributed by atoms with van der Waals surface area (Å²) in [5.74, 6) is -0.660. The highest BCUT2D eigenvalue weighted by atomic mass is 35.5. The summed E-state index contributed by atoms with van der Waals surface area (Å²) in [6.07, 6.45) is 5.02. The fourth-order valence-electron chi connectivity index (χ4n) is 1.90. The Hall–Kier alpha value is -2.77. The van der Waals surface area contributed by atoms with Crippen molar-refractivity contribution >= 4 is 34.9 Å². The van der Waals surface area contributed by atoms with Crippen LogP contribution in [0.3, 0.4) is 0 Å². The van der Waals surface area contributed by atoms with E-state index >= 15 is 0 Å². The number of ether oxygens (including phenoxy) is 1. The van der Waals surface area contributed by atoms with E-state index in [0.29, 0.717) is 10.0 Å². The Labute approximate surface area is 151 Å². The molecule has 0 radical (unpaired) electrons. The van der Waals surface area contributed by atoms with Crippen LogP contribution in [0.1, 0.15) is 10.4 Å². The van der Waals surface area contributed by atoms with E-state index in [1.54, 1.807) is 0 Å². The number of hydrogen-bond acceptors (Lipinski definition) is 5. The van der Waals surface area contributed by atoms with Gasteiger partial charge in [-0.05, 0) is 18.2 Å². The SMILES string of the molecule is O=C(Nc1cncc(Oc2cncc(F)c2)n1)c1cc(Cl)cc(Cl)c1. The van der Waals surface area contributed by atoms with Gasteiger partial charge in [-0.3, -0.25) is 14.8 Å². The highest BCUT2D eigenvalue weighted by molar-refractivity contribution is 6.35. The van der Waals surface area contributed by atoms with E-state index in [1.165, 1.54) is 36.8 Å². The first-order valence-electron chi connectivity index (χ1n) is 6.87. The zero-order valence-corrected chi connectivity index (χ0v) is 13.9. The molecule has 1 amide bonds. The quantitative estimate of drug-likeness (QED) is 0.729. The number of rotatable bonds is 4. The molecular weight excluding hydrogens is 370 g/mol. The highest BCUT2D eigenvalue weighted by Crippen LogP contribution is 2.21. The van der Waals surface area contributed by atoms with Crippen LogP contribution < -0.4 is 10.1 Å². The summed E-state index contributed by atoms with van der Waals surface area (Å²) in [5, 5.41) is 3.22. The van der Waals surface area contributed by atoms with Gasteiger partial charge in [0.1, 0.15) is 5.82 Å². The monoisotopic (exact) mass is 378 g/mol. The molecule has 3 aromatic rings. The number of anilines is 1. The van der Waals surface area contributed by atoms with Crippen molar-refractivity contribution < 1.29 is 13.9 Å². The van der Waals surface area contributed by atoms with Crippen LogP contribution in [0.15, 0.2) is 49.1 Å². The van der Waals surface area contributed by atoms with Crippen LogP contribution in [0.4, 0.5) is 10.2 Å². The number of aromatic nitrogens is 3. The minimum atomic E-state index is -0.548. The van der Waals surface area contributed by atoms with Crippen molar-refractivity contribution in [2.45, 2.75) is 0 Å². The Morgan fingerprint density at radius 3 is 2.44 bits per heavy atom. The average Bonchev–Trinajstić information content (AvgIpc) is 2.54. The van der Waals surface area contributed by atoms with Gasteiger partial charge in [0.2, 0.25) is 5.88 Å². The van der Waals surface area contributed by atoms with Gasteiger partial charge in [0.15, 0.2) is 11.6 Å². The minimum absolute atomic E-state index is 0.0642. The van der Waals surface area contributed by atoms with Crippen molar-refractivity contribution in [3.63, 3.8) is 0 Å². The lowest BCUT2D eigenvalue weighted by atomic mass is 10.2. The summed E-state index contributed by atoms with van der Waals surface area (Å²) >= 11 is 11.8. The number of hydrogen-bond donors (Lipinski definition) is 1. The van der Waals surface area contributed by atoms with Crippen molar-refractivity contribution in [3.05, 3.63) is 70.5 Å². The summed E-state index contributed by atoms with van der Waals surface area (Å²) in [7, 11) is 0. The second-order valence-corrected chi connectivity index (χ2v) is 5.67. The Balaban J connectivity index is 1.76. The summed E-state index contributed by atoms with van der Waals surface area (Å²) in [6.45, 7) is 0. The van der Waals surface area contributed by atoms with Gasteiger partial charge >= 0.3 is 0 Å². The maximum atomic E-state index is 13.1. The van der Waals surface area contributed by atoms with E-state index in [9.17, 15) is 9.18 Å². The number of nitrogens with one attached hydrogen (secondary N) is 1. The lowest BCUT2D eigenvalue weighted by molar-refractivity contribution is 0.102. The van der Waals surface area contributed by atoms with Crippen molar-refractivity contribution in [2.24, 2.45) is 0 Å². The first-order valence-corrected chi connectivity index (χ1v) is 7.63. The molecule has 0 aliphatic rings. The molecule has 0 aliphatic carbocycles. The largest absolute Gasteiger partial charge is 0.436 e. The van der Waals surface area contributed by atoms with Crippen LogP contribution in [0.5, 0.6) is 11.6 Å². The van der Waals surface area contributed by atoms with Gasteiger partial charge in [0.25, 0.3) is 5.91 Å². The van der Waals surface area contributed by atoms with E-state index in [4.69, 9.17) is 27.9 Å². The standard InChI is InChI=1S/C16H9Cl2FN4O2/c17-10-1-9(2-11(18)3-10)16(24)23-14-7-21-8-15(22-14)25-13-4-12(19)5-20-6-13/h1-8H,(H,22,23,24). The topological polar surface area (TPSA) is 77.0 Å². The number of nitrogens with zero attached hydrogens (tertiary/aromatic N) is 3. The average molecular weight is 379 g/mol. The van der Waals surface area contributed by atoms with Gasteiger partial charge in [0.05, 0.1) is 24.8 Å². The lowest BCUT2D eigenvalue weighted by Gasteiger charge is -2.08. The van der Waals surface area contributed by atoms with Crippen LogP contribution in [0.25, 0.3) is 0 Å². The molecule has 3 rings (SSSR count). The van der Waals surface area contributed by atoms with Crippen molar-refractivity contribution in [3.8, 4) is 11.6 Å². The second-order valence-electron chi connectivity index (χ2n) is 4.80. The first kappa shape index (κ1) is 17.1. The van der Waals surface area contributed by atoms with Gasteiger partial charge < -0.3 is 10.1 Å². The smallest absolute Gasteiger partial charge is 0.256 e. The molecule has 2 aromatic heterocycles. The van der Waals surface area contributed by atoms with Crippen molar-refractivity contribution in [2.75, 3.05) is 5.32 Å². The molecule has 1 aromatic carbocycles. The number of amides is 1. The molecule has 0 fully saturated rings. The molecular formula is C16H9Cl2FN4O2. The summed E-state index contributed by atoms with van der Waals surface area (Å²) in [4.78, 5) is 23.9. The van der Waals surface area contributed by atoms with Gasteiger partial charge in [-0.1, -0.05) is 23.2 Å². The van der Waals surface area contributed by atoms with Crippen molar-refractivity contribution in [1.82, 2.24) is 15.0 Å². The van der Waals surface area contributed by atoms with Crippen molar-refractivity contribution in [1.29, 1.82) is 0 Å². The predicted octanol–water partition coefficient (Wildman–Crippen LogP) is 4.36. The lowest BCUT2D eigenvalue weighted by Crippen LogP contribution is -2.13. The Morgan fingerprint density at radius 2 is 1.72 bits per heavy atom. The van der Waals surface area contributed by atoms with E-state index in [2.05, 4.69) is 20.3 Å². The molecule has 126 valence electrons. The molecule has 0 saturated carbocycles. The molecule has 6 nitrogen and oxygen atoms in total. The van der Waals surface area contributed by atoms with Crippen LogP contribution >= 0.6 is 23.2 Å². The molecule has 0 unspecified atom stereocenters. The summed E-state index contributed by atoms with van der Waals surface area (Å²) in [5.41, 5.74) is 0.264. The van der Waals surface area contributed by atoms with Gasteiger partial charge in [-0.15, -0.1) is 0 Å². The third-order valence-electron chi connectivity index (χ3n) is 2.88. The Bertz CT molecular complexity index is 919. The maximum absolute atomic E-state index is 13.1. The molecule has 1 N–H and O–H groups in total. The molecule has 2 heterocycles. The molecule has 9 heteroatoms. The van der Waals surface area contributed by atoms with Crippen LogP contribution in [0, 0.1) is 5.82 Å². The van der Waals surface area contributed by atoms with E-state index in [0.717, 1.165) is 12.3 Å². The van der Waals surface area contributed by atoms with Crippen LogP contribution in [-0.4, -0.2) is 20.9 Å². The van der Waals surface area contributed by atoms with Gasteiger partial charge in [-0.2, -0.15) is 4.98 Å². The first-order chi connectivity index (χ1) is 12.0. The number of carbonyl (C=O) groups is 1. The number of benzene rings is 1. The van der Waals surface area contributed by atoms with E-state index in [-0.39, 0.29) is 23.0 Å². The van der Waals surface area contributed by atoms with Gasteiger partial charge in [-0.25, -0.2) is 4.39 Å². The third kappa shape index (κ3) is 4.62. The normalized spacial score (nSPS) is 10.4. The number of carbonyl (C=O) groups excluding carboxylic acids is 1. The molecule has 25 heavy (non-hydrogen) atoms. The molecule has 0 atom stereocenters. The molecule has 0 saturated heterocycles. The highest BCUT2D eigenvalue weighted by Gasteiger charge is 2.10.